The molecule has 1 aromatic rings. The molecule has 1 saturated heterocycles. The van der Waals surface area contributed by atoms with Crippen molar-refractivity contribution in [2.45, 2.75) is 62.9 Å². The molecule has 37 heavy (non-hydrogen) atoms. The molecule has 0 radical (unpaired) electrons. The molecule has 0 bridgehead atoms. The molecule has 7 heteroatoms. The third-order valence-corrected chi connectivity index (χ3v) is 10.6. The summed E-state index contributed by atoms with van der Waals surface area (Å²) in [4.78, 5) is 25.3. The van der Waals surface area contributed by atoms with E-state index >= 15 is 0 Å². The van der Waals surface area contributed by atoms with Gasteiger partial charge < -0.3 is 24.8 Å². The largest absolute Gasteiger partial charge is 0.393 e. The van der Waals surface area contributed by atoms with Gasteiger partial charge in [0.2, 0.25) is 0 Å². The summed E-state index contributed by atoms with van der Waals surface area (Å²) >= 11 is 0. The lowest BCUT2D eigenvalue weighted by Gasteiger charge is -2.59. The molecule has 3 N–H and O–H groups in total. The number of carbonyl (C=O) groups is 2. The Hall–Kier alpha value is -2.16. The first-order valence-electron chi connectivity index (χ1n) is 13.4. The van der Waals surface area contributed by atoms with E-state index in [2.05, 4.69) is 6.92 Å². The molecule has 4 fully saturated rings. The maximum atomic E-state index is 13.3. The van der Waals surface area contributed by atoms with Crippen LogP contribution in [0.1, 0.15) is 45.1 Å². The average molecular weight is 509 g/mol. The lowest BCUT2D eigenvalue weighted by atomic mass is 9.46. The van der Waals surface area contributed by atoms with Crippen LogP contribution in [0, 0.1) is 28.6 Å². The number of Topliss-reactive ketones (excluding diaryl/α,β-unsaturated/α-hetero) is 1. The molecule has 1 aromatic carbocycles. The highest BCUT2D eigenvalue weighted by Gasteiger charge is 2.72. The quantitative estimate of drug-likeness (QED) is 0.506. The number of ether oxygens (including phenoxy) is 2. The zero-order chi connectivity index (χ0) is 26.2. The van der Waals surface area contributed by atoms with Crippen LogP contribution in [-0.2, 0) is 24.7 Å². The summed E-state index contributed by atoms with van der Waals surface area (Å²) < 4.78 is 12.2. The fraction of sp³-hybridized carbons (Fsp3) is 0.600. The van der Waals surface area contributed by atoms with Crippen LogP contribution in [0.3, 0.4) is 0 Å². The highest BCUT2D eigenvalue weighted by Crippen LogP contribution is 2.67. The third kappa shape index (κ3) is 3.44. The Bertz CT molecular complexity index is 1170. The number of rotatable bonds is 6. The fourth-order valence-corrected chi connectivity index (χ4v) is 8.52. The van der Waals surface area contributed by atoms with Crippen LogP contribution in [0.2, 0.25) is 0 Å². The first kappa shape index (κ1) is 25.1. The summed E-state index contributed by atoms with van der Waals surface area (Å²) in [5.74, 6) is -0.883. The molecular formula is C30H36O7. The Morgan fingerprint density at radius 2 is 1.95 bits per heavy atom. The first-order valence-corrected chi connectivity index (χ1v) is 13.4. The molecule has 3 saturated carbocycles. The van der Waals surface area contributed by atoms with E-state index in [0.717, 1.165) is 24.0 Å². The number of fused-ring (bicyclic) bond motifs is 5. The number of allylic oxidation sites excluding steroid dienone is 4. The van der Waals surface area contributed by atoms with Gasteiger partial charge in [-0.2, -0.15) is 0 Å². The number of aliphatic hydroxyl groups excluding tert-OH is 2. The van der Waals surface area contributed by atoms with E-state index < -0.39 is 46.6 Å². The summed E-state index contributed by atoms with van der Waals surface area (Å²) in [6.45, 7) is 3.87. The van der Waals surface area contributed by atoms with Crippen LogP contribution in [0.5, 0.6) is 0 Å². The van der Waals surface area contributed by atoms with Gasteiger partial charge in [0.25, 0.3) is 0 Å². The van der Waals surface area contributed by atoms with Gasteiger partial charge in [-0.1, -0.05) is 55.8 Å². The average Bonchev–Trinajstić information content (AvgIpc) is 3.64. The normalized spacial score (nSPS) is 46.0. The summed E-state index contributed by atoms with van der Waals surface area (Å²) in [7, 11) is 0. The smallest absolute Gasteiger partial charge is 0.192 e. The van der Waals surface area contributed by atoms with E-state index in [9.17, 15) is 24.9 Å². The van der Waals surface area contributed by atoms with Gasteiger partial charge >= 0.3 is 0 Å². The maximum absolute atomic E-state index is 13.3. The summed E-state index contributed by atoms with van der Waals surface area (Å²) in [5, 5.41) is 33.6. The van der Waals surface area contributed by atoms with Gasteiger partial charge in [0.05, 0.1) is 25.4 Å². The summed E-state index contributed by atoms with van der Waals surface area (Å²) in [6, 6.07) is 9.78. The molecule has 5 aliphatic rings. The molecule has 1 heterocycles. The third-order valence-electron chi connectivity index (χ3n) is 10.6. The topological polar surface area (TPSA) is 117 Å². The van der Waals surface area contributed by atoms with E-state index in [1.165, 1.54) is 0 Å². The molecule has 198 valence electrons. The number of carbonyl (C=O) groups excluding carboxylic acids is 2. The predicted molar refractivity (Wildman–Crippen MR) is 134 cm³/mol. The predicted octanol–water partition coefficient (Wildman–Crippen LogP) is 2.48. The Balaban J connectivity index is 1.33. The number of benzene rings is 1. The molecule has 0 aromatic heterocycles. The number of epoxide rings is 1. The molecule has 7 nitrogen and oxygen atoms in total. The van der Waals surface area contributed by atoms with Gasteiger partial charge in [-0.05, 0) is 55.2 Å². The highest BCUT2D eigenvalue weighted by molar-refractivity contribution is 6.01. The monoisotopic (exact) mass is 508 g/mol. The first-order chi connectivity index (χ1) is 17.6. The van der Waals surface area contributed by atoms with Crippen LogP contribution in [0.4, 0.5) is 0 Å². The highest BCUT2D eigenvalue weighted by atomic mass is 16.6. The van der Waals surface area contributed by atoms with E-state index in [1.54, 1.807) is 12.2 Å². The van der Waals surface area contributed by atoms with Crippen molar-refractivity contribution < 1.29 is 34.4 Å². The van der Waals surface area contributed by atoms with Gasteiger partial charge in [0.15, 0.2) is 17.2 Å². The van der Waals surface area contributed by atoms with Gasteiger partial charge in [-0.3, -0.25) is 9.59 Å². The lowest BCUT2D eigenvalue weighted by molar-refractivity contribution is -0.196. The molecular weight excluding hydrogens is 472 g/mol. The van der Waals surface area contributed by atoms with E-state index in [-0.39, 0.29) is 36.6 Å². The number of aliphatic hydroxyl groups is 3. The standard InChI is InChI=1S/C30H36O7/c1-27-11-10-20(32)12-19(27)8-9-21-22-13-25(36-16-29(17-37-29)18-6-4-3-5-7-18)30(35,24(34)15-31)28(22,2)14-23(33)26(21)27/h3-7,10-12,21-23,25-26,31,33,35H,8-9,13-17H2,1-2H3/t21-,22-,23-,25+,26+,27-,28-,29?,30+/m0/s1. The minimum atomic E-state index is -1.93. The van der Waals surface area contributed by atoms with Crippen molar-refractivity contribution in [3.63, 3.8) is 0 Å². The minimum Gasteiger partial charge on any atom is -0.393 e. The molecule has 0 amide bonds. The SMILES string of the molecule is C[C@]12C=CC(=O)C=C1CC[C@@H]1[C@@H]2[C@@H](O)C[C@@]2(C)[C@H]1C[C@@H](OCC1(c3ccccc3)CO1)[C@]2(O)C(=O)CO. The minimum absolute atomic E-state index is 0.0204. The Morgan fingerprint density at radius 1 is 1.22 bits per heavy atom. The van der Waals surface area contributed by atoms with Gasteiger partial charge in [0.1, 0.15) is 12.2 Å². The number of hydrogen-bond donors (Lipinski definition) is 3. The van der Waals surface area contributed by atoms with Crippen molar-refractivity contribution in [2.75, 3.05) is 19.8 Å². The van der Waals surface area contributed by atoms with Crippen molar-refractivity contribution in [2.24, 2.45) is 28.6 Å². The van der Waals surface area contributed by atoms with Crippen LogP contribution >= 0.6 is 0 Å². The van der Waals surface area contributed by atoms with Crippen molar-refractivity contribution >= 4 is 11.6 Å². The van der Waals surface area contributed by atoms with Gasteiger partial charge in [-0.25, -0.2) is 0 Å². The lowest BCUT2D eigenvalue weighted by Crippen LogP contribution is -2.64. The van der Waals surface area contributed by atoms with Crippen LogP contribution in [0.15, 0.2) is 54.1 Å². The number of hydrogen-bond acceptors (Lipinski definition) is 7. The molecule has 6 rings (SSSR count). The fourth-order valence-electron chi connectivity index (χ4n) is 8.52. The molecule has 1 unspecified atom stereocenters. The zero-order valence-corrected chi connectivity index (χ0v) is 21.4. The summed E-state index contributed by atoms with van der Waals surface area (Å²) in [5.41, 5.74) is -1.91. The second kappa shape index (κ2) is 8.42. The molecule has 1 aliphatic heterocycles. The zero-order valence-electron chi connectivity index (χ0n) is 21.4. The Morgan fingerprint density at radius 3 is 2.62 bits per heavy atom. The van der Waals surface area contributed by atoms with Crippen molar-refractivity contribution in [1.82, 2.24) is 0 Å². The second-order valence-electron chi connectivity index (χ2n) is 12.2. The van der Waals surface area contributed by atoms with Crippen LogP contribution < -0.4 is 0 Å². The van der Waals surface area contributed by atoms with E-state index in [0.29, 0.717) is 13.0 Å². The Kier molecular flexibility index (Phi) is 5.72. The van der Waals surface area contributed by atoms with Crippen LogP contribution in [-0.4, -0.2) is 64.5 Å². The van der Waals surface area contributed by atoms with Gasteiger partial charge in [0, 0.05) is 16.7 Å². The van der Waals surface area contributed by atoms with E-state index in [4.69, 9.17) is 9.47 Å². The Labute approximate surface area is 217 Å². The second-order valence-corrected chi connectivity index (χ2v) is 12.2. The van der Waals surface area contributed by atoms with Gasteiger partial charge in [-0.15, -0.1) is 0 Å². The van der Waals surface area contributed by atoms with Crippen molar-refractivity contribution in [3.05, 3.63) is 59.7 Å². The van der Waals surface area contributed by atoms with Crippen molar-refractivity contribution in [1.29, 1.82) is 0 Å². The number of ketones is 2. The molecule has 9 atom stereocenters. The molecule has 0 spiro atoms. The maximum Gasteiger partial charge on any atom is 0.192 e. The van der Waals surface area contributed by atoms with Crippen LogP contribution in [0.25, 0.3) is 0 Å². The van der Waals surface area contributed by atoms with E-state index in [1.807, 2.05) is 43.3 Å². The molecule has 4 aliphatic carbocycles. The summed E-state index contributed by atoms with van der Waals surface area (Å²) in [6.07, 6.45) is 5.80. The van der Waals surface area contributed by atoms with Crippen molar-refractivity contribution in [3.8, 4) is 0 Å².